The largest absolute Gasteiger partial charge is 0.429 e. The lowest BCUT2D eigenvalue weighted by Crippen LogP contribution is -2.63. The summed E-state index contributed by atoms with van der Waals surface area (Å²) in [5, 5.41) is 0. The average molecular weight is 416 g/mol. The number of hydrogen-bond donors (Lipinski definition) is 1. The van der Waals surface area contributed by atoms with Gasteiger partial charge in [-0.2, -0.15) is 43.2 Å². The molecule has 1 rings (SSSR count). The summed E-state index contributed by atoms with van der Waals surface area (Å²) >= 11 is 0. The van der Waals surface area contributed by atoms with Gasteiger partial charge in [0.15, 0.2) is 0 Å². The smallest absolute Gasteiger partial charge is 0.285 e. The molecule has 1 aromatic carbocycles. The molecule has 14 heteroatoms. The van der Waals surface area contributed by atoms with Gasteiger partial charge in [-0.05, 0) is 19.1 Å². The van der Waals surface area contributed by atoms with Crippen LogP contribution < -0.4 is 0 Å². The van der Waals surface area contributed by atoms with Crippen molar-refractivity contribution in [3.63, 3.8) is 0 Å². The Morgan fingerprint density at radius 1 is 0.920 bits per heavy atom. The molecule has 0 heterocycles. The third kappa shape index (κ3) is 4.83. The van der Waals surface area contributed by atoms with Crippen LogP contribution in [0.3, 0.4) is 0 Å². The molecule has 0 spiro atoms. The summed E-state index contributed by atoms with van der Waals surface area (Å²) in [6.07, 6.45) is -13.1. The minimum atomic E-state index is -6.53. The van der Waals surface area contributed by atoms with Crippen LogP contribution in [0, 0.1) is 6.92 Å². The second-order valence-electron chi connectivity index (χ2n) is 4.90. The van der Waals surface area contributed by atoms with E-state index in [1.54, 1.807) is 0 Å². The van der Waals surface area contributed by atoms with Crippen LogP contribution in [0.2, 0.25) is 0 Å². The normalized spacial score (nSPS) is 14.6. The summed E-state index contributed by atoms with van der Waals surface area (Å²) in [7, 11) is -11.6. The van der Waals surface area contributed by atoms with E-state index in [2.05, 4.69) is 4.18 Å². The first-order chi connectivity index (χ1) is 10.9. The minimum Gasteiger partial charge on any atom is -0.285 e. The molecule has 0 fully saturated rings. The Morgan fingerprint density at radius 3 is 1.64 bits per heavy atom. The van der Waals surface area contributed by atoms with Crippen LogP contribution in [0.5, 0.6) is 0 Å². The van der Waals surface area contributed by atoms with Crippen LogP contribution in [-0.4, -0.2) is 45.1 Å². The van der Waals surface area contributed by atoms with E-state index in [1.165, 1.54) is 6.92 Å². The monoisotopic (exact) mass is 416 g/mol. The fraction of sp³-hybridized carbons (Fsp3) is 0.455. The molecule has 1 aromatic rings. The van der Waals surface area contributed by atoms with Gasteiger partial charge in [-0.15, -0.1) is 0 Å². The molecule has 0 atom stereocenters. The van der Waals surface area contributed by atoms with Crippen LogP contribution in [0.15, 0.2) is 29.2 Å². The number of rotatable bonds is 5. The van der Waals surface area contributed by atoms with E-state index in [0.29, 0.717) is 17.7 Å². The first-order valence-corrected chi connectivity index (χ1v) is 9.04. The predicted molar refractivity (Wildman–Crippen MR) is 70.7 cm³/mol. The predicted octanol–water partition coefficient (Wildman–Crippen LogP) is 2.45. The second-order valence-corrected chi connectivity index (χ2v) is 7.90. The Balaban J connectivity index is 3.60. The van der Waals surface area contributed by atoms with Gasteiger partial charge in [0, 0.05) is 0 Å². The van der Waals surface area contributed by atoms with Gasteiger partial charge in [0.1, 0.15) is 5.75 Å². The SMILES string of the molecule is Cc1ccc(S(=O)(=O)OC(CS(=O)(=O)O)(C(F)(F)F)C(F)(F)F)cc1. The van der Waals surface area contributed by atoms with Crippen molar-refractivity contribution in [3.8, 4) is 0 Å². The number of aryl methyl sites for hydroxylation is 1. The molecule has 0 saturated heterocycles. The highest BCUT2D eigenvalue weighted by atomic mass is 32.2. The van der Waals surface area contributed by atoms with E-state index in [-0.39, 0.29) is 0 Å². The van der Waals surface area contributed by atoms with E-state index in [9.17, 15) is 43.2 Å². The second kappa shape index (κ2) is 6.41. The van der Waals surface area contributed by atoms with Crippen LogP contribution in [0.25, 0.3) is 0 Å². The Morgan fingerprint density at radius 2 is 1.32 bits per heavy atom. The van der Waals surface area contributed by atoms with Gasteiger partial charge in [-0.1, -0.05) is 17.7 Å². The third-order valence-electron chi connectivity index (χ3n) is 2.86. The van der Waals surface area contributed by atoms with Gasteiger partial charge >= 0.3 is 12.4 Å². The molecule has 25 heavy (non-hydrogen) atoms. The molecular formula is C11H10F6O6S2. The van der Waals surface area contributed by atoms with Crippen molar-refractivity contribution in [2.75, 3.05) is 5.75 Å². The van der Waals surface area contributed by atoms with Crippen molar-refractivity contribution >= 4 is 20.2 Å². The van der Waals surface area contributed by atoms with E-state index < -0.39 is 48.8 Å². The molecule has 0 unspecified atom stereocenters. The zero-order chi connectivity index (χ0) is 19.9. The lowest BCUT2D eigenvalue weighted by molar-refractivity contribution is -0.347. The molecule has 0 aromatic heterocycles. The number of hydrogen-bond acceptors (Lipinski definition) is 5. The summed E-state index contributed by atoms with van der Waals surface area (Å²) in [6, 6.07) is 3.50. The molecule has 144 valence electrons. The molecule has 0 bridgehead atoms. The van der Waals surface area contributed by atoms with Crippen LogP contribution in [-0.2, 0) is 24.4 Å². The van der Waals surface area contributed by atoms with E-state index >= 15 is 0 Å². The highest BCUT2D eigenvalue weighted by Crippen LogP contribution is 2.48. The zero-order valence-electron chi connectivity index (χ0n) is 12.1. The maximum Gasteiger partial charge on any atom is 0.429 e. The quantitative estimate of drug-likeness (QED) is 0.450. The Kier molecular flexibility index (Phi) is 5.55. The van der Waals surface area contributed by atoms with Gasteiger partial charge < -0.3 is 0 Å². The lowest BCUT2D eigenvalue weighted by Gasteiger charge is -2.34. The Hall–Kier alpha value is -1.38. The van der Waals surface area contributed by atoms with Crippen LogP contribution in [0.4, 0.5) is 26.3 Å². The summed E-state index contributed by atoms with van der Waals surface area (Å²) < 4.78 is 135. The topological polar surface area (TPSA) is 97.7 Å². The molecule has 0 radical (unpaired) electrons. The van der Waals surface area contributed by atoms with Crippen LogP contribution in [0.1, 0.15) is 5.56 Å². The molecule has 0 aliphatic carbocycles. The number of halogens is 6. The first-order valence-electron chi connectivity index (χ1n) is 6.02. The Bertz CT molecular complexity index is 809. The Labute approximate surface area is 138 Å². The van der Waals surface area contributed by atoms with Gasteiger partial charge in [0.25, 0.3) is 25.8 Å². The molecule has 0 aliphatic heterocycles. The van der Waals surface area contributed by atoms with Crippen molar-refractivity contribution in [2.45, 2.75) is 29.8 Å². The first kappa shape index (κ1) is 21.7. The zero-order valence-corrected chi connectivity index (χ0v) is 13.7. The summed E-state index contributed by atoms with van der Waals surface area (Å²) in [5.74, 6) is -3.09. The average Bonchev–Trinajstić information content (AvgIpc) is 2.33. The molecule has 0 aliphatic rings. The standard InChI is InChI=1S/C11H10F6O6S2/c1-7-2-4-8(5-3-7)25(21,22)23-9(10(12,13)14,11(15,16)17)6-24(18,19)20/h2-5H,6H2,1H3,(H,18,19,20). The molecule has 1 N–H and O–H groups in total. The van der Waals surface area contributed by atoms with Crippen molar-refractivity contribution in [1.29, 1.82) is 0 Å². The third-order valence-corrected chi connectivity index (χ3v) is 4.99. The summed E-state index contributed by atoms with van der Waals surface area (Å²) in [4.78, 5) is -1.06. The van der Waals surface area contributed by atoms with Crippen LogP contribution >= 0.6 is 0 Å². The lowest BCUT2D eigenvalue weighted by atomic mass is 10.1. The molecule has 0 amide bonds. The van der Waals surface area contributed by atoms with Gasteiger partial charge in [-0.3, -0.25) is 4.55 Å². The maximum atomic E-state index is 13.0. The van der Waals surface area contributed by atoms with Gasteiger partial charge in [0.05, 0.1) is 4.90 Å². The highest BCUT2D eigenvalue weighted by molar-refractivity contribution is 7.87. The fourth-order valence-electron chi connectivity index (χ4n) is 1.64. The van der Waals surface area contributed by atoms with Crippen molar-refractivity contribution < 1.29 is 51.9 Å². The number of alkyl halides is 6. The van der Waals surface area contributed by atoms with Crippen molar-refractivity contribution in [2.24, 2.45) is 0 Å². The number of benzene rings is 1. The fourth-order valence-corrected chi connectivity index (χ4v) is 3.80. The van der Waals surface area contributed by atoms with Gasteiger partial charge in [-0.25, -0.2) is 4.18 Å². The van der Waals surface area contributed by atoms with Gasteiger partial charge in [0.2, 0.25) is 0 Å². The van der Waals surface area contributed by atoms with Crippen molar-refractivity contribution in [3.05, 3.63) is 29.8 Å². The van der Waals surface area contributed by atoms with E-state index in [4.69, 9.17) is 4.55 Å². The van der Waals surface area contributed by atoms with E-state index in [1.807, 2.05) is 0 Å². The summed E-state index contributed by atoms with van der Waals surface area (Å²) in [5.41, 5.74) is -5.24. The summed E-state index contributed by atoms with van der Waals surface area (Å²) in [6.45, 7) is 1.46. The highest BCUT2D eigenvalue weighted by Gasteiger charge is 2.76. The molecule has 0 saturated carbocycles. The van der Waals surface area contributed by atoms with Crippen molar-refractivity contribution in [1.82, 2.24) is 0 Å². The molecule has 6 nitrogen and oxygen atoms in total. The molecular weight excluding hydrogens is 406 g/mol. The minimum absolute atomic E-state index is 0.440. The maximum absolute atomic E-state index is 13.0. The van der Waals surface area contributed by atoms with E-state index in [0.717, 1.165) is 12.1 Å².